The van der Waals surface area contributed by atoms with Crippen molar-refractivity contribution >= 4 is 46.5 Å². The molecule has 0 saturated carbocycles. The average Bonchev–Trinajstić information content (AvgIpc) is 2.83. The predicted octanol–water partition coefficient (Wildman–Crippen LogP) is 6.25. The molecule has 0 radical (unpaired) electrons. The van der Waals surface area contributed by atoms with E-state index in [2.05, 4.69) is 22.9 Å². The molecule has 0 heterocycles. The molecule has 0 aliphatic rings. The van der Waals surface area contributed by atoms with Gasteiger partial charge in [-0.15, -0.1) is 11.8 Å². The van der Waals surface area contributed by atoms with Gasteiger partial charge >= 0.3 is 0 Å². The molecule has 176 valence electrons. The Bertz CT molecular complexity index is 1120. The second-order valence-corrected chi connectivity index (χ2v) is 9.01. The van der Waals surface area contributed by atoms with Gasteiger partial charge in [-0.25, -0.2) is 0 Å². The van der Waals surface area contributed by atoms with Gasteiger partial charge in [-0.1, -0.05) is 49.7 Å². The molecule has 0 spiro atoms. The lowest BCUT2D eigenvalue weighted by molar-refractivity contribution is -0.116. The van der Waals surface area contributed by atoms with E-state index in [1.807, 2.05) is 54.6 Å². The Morgan fingerprint density at radius 2 is 1.47 bits per heavy atom. The monoisotopic (exact) mass is 475 g/mol. The summed E-state index contributed by atoms with van der Waals surface area (Å²) in [6, 6.07) is 24.1. The minimum Gasteiger partial charge on any atom is -0.326 e. The Kier molecular flexibility index (Phi) is 9.29. The number of rotatable bonds is 10. The van der Waals surface area contributed by atoms with E-state index in [4.69, 9.17) is 0 Å². The molecule has 0 aliphatic carbocycles. The van der Waals surface area contributed by atoms with Gasteiger partial charge in [0.25, 0.3) is 0 Å². The van der Waals surface area contributed by atoms with Gasteiger partial charge in [0.2, 0.25) is 17.7 Å². The summed E-state index contributed by atoms with van der Waals surface area (Å²) in [5.74, 6) is -0.328. The SMILES string of the molecule is CCCCC(=O)Nc1cccc(SC(C(=O)Nc2ccc(NC(C)=O)cc2)c2ccccc2)c1. The molecule has 3 N–H and O–H groups in total. The third kappa shape index (κ3) is 7.78. The summed E-state index contributed by atoms with van der Waals surface area (Å²) in [5.41, 5.74) is 2.89. The number of carbonyl (C=O) groups excluding carboxylic acids is 3. The van der Waals surface area contributed by atoms with E-state index in [-0.39, 0.29) is 17.7 Å². The number of carbonyl (C=O) groups is 3. The van der Waals surface area contributed by atoms with E-state index in [9.17, 15) is 14.4 Å². The fourth-order valence-corrected chi connectivity index (χ4v) is 4.38. The lowest BCUT2D eigenvalue weighted by Crippen LogP contribution is -2.19. The van der Waals surface area contributed by atoms with Crippen molar-refractivity contribution in [2.45, 2.75) is 43.3 Å². The molecule has 0 aromatic heterocycles. The van der Waals surface area contributed by atoms with Crippen LogP contribution >= 0.6 is 11.8 Å². The van der Waals surface area contributed by atoms with Crippen LogP contribution in [0.15, 0.2) is 83.8 Å². The van der Waals surface area contributed by atoms with Gasteiger partial charge in [0.15, 0.2) is 0 Å². The standard InChI is InChI=1S/C27H29N3O3S/c1-3-4-13-25(32)29-23-11-8-12-24(18-23)34-26(20-9-6-5-7-10-20)27(33)30-22-16-14-21(15-17-22)28-19(2)31/h5-12,14-18,26H,3-4,13H2,1-2H3,(H,28,31)(H,29,32)(H,30,33). The van der Waals surface area contributed by atoms with Crippen LogP contribution in [-0.2, 0) is 14.4 Å². The Hall–Kier alpha value is -3.58. The minimum absolute atomic E-state index is 0.0101. The van der Waals surface area contributed by atoms with Crippen LogP contribution in [0.25, 0.3) is 0 Å². The topological polar surface area (TPSA) is 87.3 Å². The van der Waals surface area contributed by atoms with E-state index in [1.165, 1.54) is 18.7 Å². The molecule has 0 fully saturated rings. The smallest absolute Gasteiger partial charge is 0.242 e. The molecule has 1 atom stereocenters. The van der Waals surface area contributed by atoms with Crippen LogP contribution in [0, 0.1) is 0 Å². The third-order valence-electron chi connectivity index (χ3n) is 4.94. The zero-order valence-corrected chi connectivity index (χ0v) is 20.2. The first-order valence-corrected chi connectivity index (χ1v) is 12.1. The first kappa shape index (κ1) is 25.1. The molecule has 6 nitrogen and oxygen atoms in total. The Morgan fingerprint density at radius 1 is 0.794 bits per heavy atom. The van der Waals surface area contributed by atoms with Crippen molar-refractivity contribution < 1.29 is 14.4 Å². The van der Waals surface area contributed by atoms with Crippen molar-refractivity contribution in [3.8, 4) is 0 Å². The first-order valence-electron chi connectivity index (χ1n) is 11.2. The molecule has 0 bridgehead atoms. The van der Waals surface area contributed by atoms with Gasteiger partial charge in [0.1, 0.15) is 5.25 Å². The highest BCUT2D eigenvalue weighted by atomic mass is 32.2. The average molecular weight is 476 g/mol. The van der Waals surface area contributed by atoms with Crippen molar-refractivity contribution in [2.75, 3.05) is 16.0 Å². The van der Waals surface area contributed by atoms with E-state index < -0.39 is 5.25 Å². The maximum absolute atomic E-state index is 13.3. The molecule has 34 heavy (non-hydrogen) atoms. The Morgan fingerprint density at radius 3 is 2.12 bits per heavy atom. The molecule has 0 aliphatic heterocycles. The summed E-state index contributed by atoms with van der Waals surface area (Å²) in [7, 11) is 0. The van der Waals surface area contributed by atoms with Crippen molar-refractivity contribution in [1.82, 2.24) is 0 Å². The lowest BCUT2D eigenvalue weighted by atomic mass is 10.1. The van der Waals surface area contributed by atoms with Crippen LogP contribution in [0.5, 0.6) is 0 Å². The quantitative estimate of drug-likeness (QED) is 0.303. The minimum atomic E-state index is -0.498. The number of amides is 3. The van der Waals surface area contributed by atoms with E-state index >= 15 is 0 Å². The summed E-state index contributed by atoms with van der Waals surface area (Å²) >= 11 is 1.42. The summed E-state index contributed by atoms with van der Waals surface area (Å²) in [5, 5.41) is 8.12. The van der Waals surface area contributed by atoms with Crippen molar-refractivity contribution in [3.05, 3.63) is 84.4 Å². The Labute approximate surface area is 204 Å². The van der Waals surface area contributed by atoms with Crippen molar-refractivity contribution in [1.29, 1.82) is 0 Å². The first-order chi connectivity index (χ1) is 16.4. The number of unbranched alkanes of at least 4 members (excludes halogenated alkanes) is 1. The zero-order chi connectivity index (χ0) is 24.3. The van der Waals surface area contributed by atoms with Gasteiger partial charge in [-0.05, 0) is 54.4 Å². The van der Waals surface area contributed by atoms with Crippen LogP contribution in [0.1, 0.15) is 43.9 Å². The maximum atomic E-state index is 13.3. The number of nitrogens with one attached hydrogen (secondary N) is 3. The fraction of sp³-hybridized carbons (Fsp3) is 0.222. The number of hydrogen-bond donors (Lipinski definition) is 3. The van der Waals surface area contributed by atoms with Crippen molar-refractivity contribution in [2.24, 2.45) is 0 Å². The van der Waals surface area contributed by atoms with Gasteiger partial charge in [0, 0.05) is 35.3 Å². The van der Waals surface area contributed by atoms with Gasteiger partial charge in [0.05, 0.1) is 0 Å². The highest BCUT2D eigenvalue weighted by Crippen LogP contribution is 2.37. The van der Waals surface area contributed by atoms with Gasteiger partial charge in [-0.3, -0.25) is 14.4 Å². The molecular formula is C27H29N3O3S. The molecule has 3 rings (SSSR count). The highest BCUT2D eigenvalue weighted by molar-refractivity contribution is 8.00. The highest BCUT2D eigenvalue weighted by Gasteiger charge is 2.22. The van der Waals surface area contributed by atoms with Crippen LogP contribution in [-0.4, -0.2) is 17.7 Å². The normalized spacial score (nSPS) is 11.4. The van der Waals surface area contributed by atoms with Crippen LogP contribution in [0.2, 0.25) is 0 Å². The van der Waals surface area contributed by atoms with Crippen LogP contribution < -0.4 is 16.0 Å². The van der Waals surface area contributed by atoms with Crippen LogP contribution in [0.4, 0.5) is 17.1 Å². The zero-order valence-electron chi connectivity index (χ0n) is 19.3. The number of anilines is 3. The molecule has 0 saturated heterocycles. The number of thioether (sulfide) groups is 1. The van der Waals surface area contributed by atoms with Gasteiger partial charge < -0.3 is 16.0 Å². The lowest BCUT2D eigenvalue weighted by Gasteiger charge is -2.18. The third-order valence-corrected chi connectivity index (χ3v) is 6.19. The van der Waals surface area contributed by atoms with Crippen molar-refractivity contribution in [3.63, 3.8) is 0 Å². The summed E-state index contributed by atoms with van der Waals surface area (Å²) < 4.78 is 0. The second-order valence-electron chi connectivity index (χ2n) is 7.84. The maximum Gasteiger partial charge on any atom is 0.242 e. The molecule has 3 aromatic rings. The molecule has 3 amide bonds. The summed E-state index contributed by atoms with van der Waals surface area (Å²) in [4.78, 5) is 37.5. The van der Waals surface area contributed by atoms with Gasteiger partial charge in [-0.2, -0.15) is 0 Å². The Balaban J connectivity index is 1.75. The van der Waals surface area contributed by atoms with E-state index in [0.717, 1.165) is 23.3 Å². The number of benzene rings is 3. The molecule has 7 heteroatoms. The molecule has 3 aromatic carbocycles. The summed E-state index contributed by atoms with van der Waals surface area (Å²) in [6.45, 7) is 3.50. The van der Waals surface area contributed by atoms with E-state index in [0.29, 0.717) is 23.5 Å². The second kappa shape index (κ2) is 12.6. The number of hydrogen-bond acceptors (Lipinski definition) is 4. The van der Waals surface area contributed by atoms with Crippen LogP contribution in [0.3, 0.4) is 0 Å². The molecular weight excluding hydrogens is 446 g/mol. The molecule has 1 unspecified atom stereocenters. The fourth-order valence-electron chi connectivity index (χ4n) is 3.29. The summed E-state index contributed by atoms with van der Waals surface area (Å²) in [6.07, 6.45) is 2.30. The van der Waals surface area contributed by atoms with E-state index in [1.54, 1.807) is 24.3 Å². The largest absolute Gasteiger partial charge is 0.326 e. The predicted molar refractivity (Wildman–Crippen MR) is 139 cm³/mol.